The molecule has 0 saturated heterocycles. The molecule has 46 valence electrons. The summed E-state index contributed by atoms with van der Waals surface area (Å²) in [5.41, 5.74) is 0.988. The van der Waals surface area contributed by atoms with Gasteiger partial charge in [0, 0.05) is 6.20 Å². The Morgan fingerprint density at radius 1 is 1.67 bits per heavy atom. The molecule has 0 radical (unpaired) electrons. The number of halogens is 1. The molecule has 0 fully saturated rings. The average molecular weight is 123 g/mol. The minimum absolute atomic E-state index is 0.394. The maximum atomic E-state index is 12.2. The summed E-state index contributed by atoms with van der Waals surface area (Å²) < 4.78 is 12.2. The van der Waals surface area contributed by atoms with Gasteiger partial charge in [0.15, 0.2) is 7.28 Å². The Morgan fingerprint density at radius 3 is 2.89 bits per heavy atom. The van der Waals surface area contributed by atoms with Crippen molar-refractivity contribution in [3.05, 3.63) is 24.3 Å². The lowest BCUT2D eigenvalue weighted by molar-refractivity contribution is 0.585. The van der Waals surface area contributed by atoms with Gasteiger partial charge >= 0.3 is 0 Å². The van der Waals surface area contributed by atoms with Gasteiger partial charge in [-0.3, -0.25) is 0 Å². The van der Waals surface area contributed by atoms with E-state index in [1.54, 1.807) is 0 Å². The predicted molar refractivity (Wildman–Crippen MR) is 36.8 cm³/mol. The van der Waals surface area contributed by atoms with Crippen LogP contribution in [0.15, 0.2) is 18.3 Å². The molecule has 0 bridgehead atoms. The zero-order valence-corrected chi connectivity index (χ0v) is 5.26. The average Bonchev–Trinajstić information content (AvgIpc) is 1.88. The summed E-state index contributed by atoms with van der Waals surface area (Å²) in [6, 6.07) is 3.25. The van der Waals surface area contributed by atoms with Gasteiger partial charge in [-0.2, -0.15) is 4.39 Å². The largest absolute Gasteiger partial charge is 0.228 e. The summed E-state index contributed by atoms with van der Waals surface area (Å²) in [5, 5.41) is 0. The predicted octanol–water partition coefficient (Wildman–Crippen LogP) is 0.331. The fourth-order valence-corrected chi connectivity index (χ4v) is 0.662. The van der Waals surface area contributed by atoms with E-state index < -0.39 is 5.95 Å². The van der Waals surface area contributed by atoms with Gasteiger partial charge < -0.3 is 0 Å². The first-order valence-electron chi connectivity index (χ1n) is 2.93. The van der Waals surface area contributed by atoms with Crippen LogP contribution in [0, 0.1) is 5.95 Å². The molecule has 3 heteroatoms. The normalized spacial score (nSPS) is 9.11. The van der Waals surface area contributed by atoms with Crippen LogP contribution in [-0.2, 0) is 0 Å². The summed E-state index contributed by atoms with van der Waals surface area (Å²) in [6.45, 7) is 1.98. The van der Waals surface area contributed by atoms with Crippen LogP contribution < -0.4 is 5.46 Å². The summed E-state index contributed by atoms with van der Waals surface area (Å²) in [4.78, 5) is 3.42. The molecule has 0 aliphatic rings. The Hall–Kier alpha value is -0.855. The Kier molecular flexibility index (Phi) is 1.83. The Bertz CT molecular complexity index is 202. The van der Waals surface area contributed by atoms with Gasteiger partial charge in [-0.1, -0.05) is 12.3 Å². The van der Waals surface area contributed by atoms with Crippen LogP contribution in [0.2, 0.25) is 6.82 Å². The van der Waals surface area contributed by atoms with E-state index in [0.717, 1.165) is 12.7 Å². The molecule has 1 rings (SSSR count). The van der Waals surface area contributed by atoms with E-state index in [4.69, 9.17) is 0 Å². The van der Waals surface area contributed by atoms with Crippen LogP contribution in [0.4, 0.5) is 4.39 Å². The fraction of sp³-hybridized carbons (Fsp3) is 0.167. The summed E-state index contributed by atoms with van der Waals surface area (Å²) in [5.74, 6) is -0.394. The lowest BCUT2D eigenvalue weighted by atomic mass is 9.74. The number of pyridine rings is 1. The number of aromatic nitrogens is 1. The Labute approximate surface area is 54.2 Å². The van der Waals surface area contributed by atoms with E-state index in [-0.39, 0.29) is 0 Å². The molecule has 0 atom stereocenters. The lowest BCUT2D eigenvalue weighted by Gasteiger charge is -1.90. The van der Waals surface area contributed by atoms with Gasteiger partial charge in [-0.15, -0.1) is 0 Å². The highest BCUT2D eigenvalue weighted by Crippen LogP contribution is 1.85. The second-order valence-corrected chi connectivity index (χ2v) is 1.84. The highest BCUT2D eigenvalue weighted by atomic mass is 19.1. The Morgan fingerprint density at radius 2 is 2.44 bits per heavy atom. The number of hydrogen-bond acceptors (Lipinski definition) is 1. The second kappa shape index (κ2) is 2.62. The summed E-state index contributed by atoms with van der Waals surface area (Å²) >= 11 is 0. The van der Waals surface area contributed by atoms with Crippen LogP contribution >= 0.6 is 0 Å². The molecule has 1 aromatic rings. The maximum Gasteiger partial charge on any atom is 0.212 e. The van der Waals surface area contributed by atoms with E-state index in [1.807, 2.05) is 12.9 Å². The molecule has 0 spiro atoms. The van der Waals surface area contributed by atoms with Gasteiger partial charge in [0.1, 0.15) is 0 Å². The minimum atomic E-state index is -0.394. The quantitative estimate of drug-likeness (QED) is 0.387. The van der Waals surface area contributed by atoms with E-state index in [2.05, 4.69) is 4.98 Å². The molecule has 0 aromatic carbocycles. The molecule has 0 amide bonds. The van der Waals surface area contributed by atoms with Gasteiger partial charge in [0.25, 0.3) is 0 Å². The number of rotatable bonds is 1. The van der Waals surface area contributed by atoms with Crippen molar-refractivity contribution in [2.45, 2.75) is 6.82 Å². The molecule has 0 aliphatic heterocycles. The molecule has 1 heterocycles. The van der Waals surface area contributed by atoms with Crippen LogP contribution in [0.3, 0.4) is 0 Å². The Balaban J connectivity index is 2.94. The molecule has 0 aliphatic carbocycles. The van der Waals surface area contributed by atoms with Crippen molar-refractivity contribution in [2.24, 2.45) is 0 Å². The van der Waals surface area contributed by atoms with Crippen LogP contribution in [0.5, 0.6) is 0 Å². The standard InChI is InChI=1S/C6H7BFN/c1-7-5-2-3-9-6(8)4-5/h2-4,7H,1H3. The molecule has 0 unspecified atom stereocenters. The van der Waals surface area contributed by atoms with E-state index >= 15 is 0 Å². The van der Waals surface area contributed by atoms with E-state index in [9.17, 15) is 4.39 Å². The van der Waals surface area contributed by atoms with Crippen LogP contribution in [0.1, 0.15) is 0 Å². The third kappa shape index (κ3) is 1.52. The SMILES string of the molecule is CBc1ccnc(F)c1. The van der Waals surface area contributed by atoms with Gasteiger partial charge in [0.2, 0.25) is 5.95 Å². The van der Waals surface area contributed by atoms with Crippen molar-refractivity contribution < 1.29 is 4.39 Å². The topological polar surface area (TPSA) is 12.9 Å². The van der Waals surface area contributed by atoms with Gasteiger partial charge in [0.05, 0.1) is 0 Å². The van der Waals surface area contributed by atoms with Crippen molar-refractivity contribution in [3.63, 3.8) is 0 Å². The van der Waals surface area contributed by atoms with Crippen molar-refractivity contribution in [2.75, 3.05) is 0 Å². The summed E-state index contributed by atoms with van der Waals surface area (Å²) in [7, 11) is 0.861. The molecule has 9 heavy (non-hydrogen) atoms. The first-order chi connectivity index (χ1) is 4.33. The molecule has 0 N–H and O–H groups in total. The molecule has 1 nitrogen and oxygen atoms in total. The van der Waals surface area contributed by atoms with Crippen molar-refractivity contribution in [3.8, 4) is 0 Å². The van der Waals surface area contributed by atoms with Crippen molar-refractivity contribution in [1.29, 1.82) is 0 Å². The third-order valence-electron chi connectivity index (χ3n) is 1.20. The third-order valence-corrected chi connectivity index (χ3v) is 1.20. The van der Waals surface area contributed by atoms with Gasteiger partial charge in [-0.05, 0) is 12.1 Å². The second-order valence-electron chi connectivity index (χ2n) is 1.84. The minimum Gasteiger partial charge on any atom is -0.228 e. The molecular weight excluding hydrogens is 116 g/mol. The highest BCUT2D eigenvalue weighted by molar-refractivity contribution is 6.51. The highest BCUT2D eigenvalue weighted by Gasteiger charge is 1.91. The van der Waals surface area contributed by atoms with E-state index in [0.29, 0.717) is 0 Å². The molecule has 1 aromatic heterocycles. The zero-order chi connectivity index (χ0) is 6.69. The van der Waals surface area contributed by atoms with Crippen molar-refractivity contribution >= 4 is 12.7 Å². The molecular formula is C6H7BFN. The first-order valence-corrected chi connectivity index (χ1v) is 2.93. The summed E-state index contributed by atoms with van der Waals surface area (Å²) in [6.07, 6.45) is 1.48. The van der Waals surface area contributed by atoms with Crippen molar-refractivity contribution in [1.82, 2.24) is 4.98 Å². The molecule has 0 saturated carbocycles. The van der Waals surface area contributed by atoms with E-state index in [1.165, 1.54) is 12.3 Å². The monoisotopic (exact) mass is 123 g/mol. The smallest absolute Gasteiger partial charge is 0.212 e. The number of hydrogen-bond donors (Lipinski definition) is 0. The maximum absolute atomic E-state index is 12.2. The van der Waals surface area contributed by atoms with Gasteiger partial charge in [-0.25, -0.2) is 4.98 Å². The van der Waals surface area contributed by atoms with Crippen LogP contribution in [-0.4, -0.2) is 12.3 Å². The fourth-order valence-electron chi connectivity index (χ4n) is 0.662. The first kappa shape index (κ1) is 6.27. The lowest BCUT2D eigenvalue weighted by Crippen LogP contribution is -2.10. The van der Waals surface area contributed by atoms with Crippen LogP contribution in [0.25, 0.3) is 0 Å². The zero-order valence-electron chi connectivity index (χ0n) is 5.26. The number of nitrogens with zero attached hydrogens (tertiary/aromatic N) is 1.